The zero-order valence-electron chi connectivity index (χ0n) is 22.7. The van der Waals surface area contributed by atoms with Gasteiger partial charge in [0.2, 0.25) is 0 Å². The first-order chi connectivity index (χ1) is 17.7. The Hall–Kier alpha value is -4.48. The standard InChI is InChI=1S/C12H13NO6.C12H15NO4.C2H6/c1-7(18-8(2)14)11-6-10(13(16)17)4-5-12(11)19-9(3)15;1-7(16-8(2)14)11-6-10(13)4-5-12(11)17-9(3)15;1-2/h4-7H,1-3H3;4-7H,13H2,1-3H3;1-2H3. The molecular formula is C26H34N2O10. The van der Waals surface area contributed by atoms with Crippen LogP contribution >= 0.6 is 0 Å². The van der Waals surface area contributed by atoms with Crippen LogP contribution in [0.4, 0.5) is 11.4 Å². The van der Waals surface area contributed by atoms with E-state index in [-0.39, 0.29) is 17.0 Å². The topological polar surface area (TPSA) is 174 Å². The molecule has 2 rings (SSSR count). The second-order valence-electron chi connectivity index (χ2n) is 7.47. The molecule has 38 heavy (non-hydrogen) atoms. The zero-order valence-corrected chi connectivity index (χ0v) is 22.7. The number of hydrogen-bond donors (Lipinski definition) is 1. The lowest BCUT2D eigenvalue weighted by molar-refractivity contribution is -0.385. The van der Waals surface area contributed by atoms with Crippen molar-refractivity contribution in [3.05, 3.63) is 57.6 Å². The predicted molar refractivity (Wildman–Crippen MR) is 138 cm³/mol. The number of nitro benzene ring substituents is 1. The monoisotopic (exact) mass is 534 g/mol. The molecule has 12 heteroatoms. The first-order valence-electron chi connectivity index (χ1n) is 11.6. The number of carbonyl (C=O) groups excluding carboxylic acids is 4. The maximum atomic E-state index is 11.0. The van der Waals surface area contributed by atoms with Crippen LogP contribution in [-0.2, 0) is 28.7 Å². The number of nitro groups is 1. The number of hydrogen-bond acceptors (Lipinski definition) is 11. The van der Waals surface area contributed by atoms with Crippen LogP contribution in [-0.4, -0.2) is 28.8 Å². The van der Waals surface area contributed by atoms with Crippen molar-refractivity contribution in [1.82, 2.24) is 0 Å². The average Bonchev–Trinajstić information content (AvgIpc) is 2.80. The number of rotatable bonds is 7. The van der Waals surface area contributed by atoms with Crippen molar-refractivity contribution in [3.63, 3.8) is 0 Å². The molecule has 0 bridgehead atoms. The van der Waals surface area contributed by atoms with Gasteiger partial charge in [-0.2, -0.15) is 0 Å². The van der Waals surface area contributed by atoms with E-state index in [1.807, 2.05) is 13.8 Å². The molecule has 0 amide bonds. The molecule has 2 atom stereocenters. The minimum Gasteiger partial charge on any atom is -0.458 e. The third kappa shape index (κ3) is 12.0. The summed E-state index contributed by atoms with van der Waals surface area (Å²) in [4.78, 5) is 53.8. The highest BCUT2D eigenvalue weighted by Crippen LogP contribution is 2.32. The van der Waals surface area contributed by atoms with E-state index < -0.39 is 41.0 Å². The number of anilines is 1. The Kier molecular flexibility index (Phi) is 14.4. The molecule has 0 aliphatic carbocycles. The highest BCUT2D eigenvalue weighted by atomic mass is 16.6. The summed E-state index contributed by atoms with van der Waals surface area (Å²) in [7, 11) is 0. The van der Waals surface area contributed by atoms with E-state index in [0.29, 0.717) is 17.0 Å². The molecule has 0 aliphatic rings. The van der Waals surface area contributed by atoms with Gasteiger partial charge in [-0.05, 0) is 38.1 Å². The molecule has 2 aromatic rings. The smallest absolute Gasteiger partial charge is 0.308 e. The van der Waals surface area contributed by atoms with Gasteiger partial charge < -0.3 is 24.7 Å². The SMILES string of the molecule is CC.CC(=O)Oc1ccc(N)cc1C(C)OC(C)=O.CC(=O)Oc1ccc([N+](=O)[O-])cc1C(C)OC(C)=O. The summed E-state index contributed by atoms with van der Waals surface area (Å²) >= 11 is 0. The fourth-order valence-electron chi connectivity index (χ4n) is 2.97. The molecular weight excluding hydrogens is 500 g/mol. The molecule has 2 N–H and O–H groups in total. The Bertz CT molecular complexity index is 1150. The minimum absolute atomic E-state index is 0.131. The summed E-state index contributed by atoms with van der Waals surface area (Å²) in [5, 5.41) is 10.7. The number of benzene rings is 2. The van der Waals surface area contributed by atoms with E-state index in [4.69, 9.17) is 24.7 Å². The molecule has 0 aromatic heterocycles. The number of esters is 4. The van der Waals surface area contributed by atoms with Crippen molar-refractivity contribution in [2.75, 3.05) is 5.73 Å². The van der Waals surface area contributed by atoms with Crippen LogP contribution < -0.4 is 15.2 Å². The maximum Gasteiger partial charge on any atom is 0.308 e. The van der Waals surface area contributed by atoms with E-state index in [1.165, 1.54) is 52.8 Å². The summed E-state index contributed by atoms with van der Waals surface area (Å²) < 4.78 is 19.9. The highest BCUT2D eigenvalue weighted by molar-refractivity contribution is 5.71. The molecule has 0 fully saturated rings. The van der Waals surface area contributed by atoms with Gasteiger partial charge in [-0.25, -0.2) is 0 Å². The number of nitrogens with two attached hydrogens (primary N) is 1. The van der Waals surface area contributed by atoms with Crippen molar-refractivity contribution < 1.29 is 43.0 Å². The fraction of sp³-hybridized carbons (Fsp3) is 0.385. The third-order valence-electron chi connectivity index (χ3n) is 4.31. The van der Waals surface area contributed by atoms with E-state index in [9.17, 15) is 29.3 Å². The van der Waals surface area contributed by atoms with Crippen LogP contribution in [0.15, 0.2) is 36.4 Å². The average molecular weight is 535 g/mol. The van der Waals surface area contributed by atoms with Crippen molar-refractivity contribution in [2.45, 2.75) is 67.6 Å². The van der Waals surface area contributed by atoms with Crippen LogP contribution in [0.2, 0.25) is 0 Å². The van der Waals surface area contributed by atoms with E-state index in [0.717, 1.165) is 0 Å². The Labute approximate surface area is 221 Å². The summed E-state index contributed by atoms with van der Waals surface area (Å²) in [5.74, 6) is -1.47. The molecule has 2 unspecified atom stereocenters. The van der Waals surface area contributed by atoms with Crippen LogP contribution in [0.25, 0.3) is 0 Å². The molecule has 0 saturated carbocycles. The summed E-state index contributed by atoms with van der Waals surface area (Å²) in [6, 6.07) is 8.53. The number of non-ortho nitro benzene ring substituents is 1. The Morgan fingerprint density at radius 3 is 1.50 bits per heavy atom. The number of nitrogens with zero attached hydrogens (tertiary/aromatic N) is 1. The molecule has 0 heterocycles. The molecule has 208 valence electrons. The quantitative estimate of drug-likeness (QED) is 0.166. The molecule has 0 radical (unpaired) electrons. The van der Waals surface area contributed by atoms with Crippen molar-refractivity contribution in [2.24, 2.45) is 0 Å². The predicted octanol–water partition coefficient (Wildman–Crippen LogP) is 4.99. The highest BCUT2D eigenvalue weighted by Gasteiger charge is 2.20. The van der Waals surface area contributed by atoms with Crippen LogP contribution in [0.3, 0.4) is 0 Å². The molecule has 2 aromatic carbocycles. The lowest BCUT2D eigenvalue weighted by Gasteiger charge is -2.16. The summed E-state index contributed by atoms with van der Waals surface area (Å²) in [6.07, 6.45) is -1.28. The zero-order chi connectivity index (χ0) is 29.6. The Morgan fingerprint density at radius 1 is 0.737 bits per heavy atom. The number of ether oxygens (including phenoxy) is 4. The summed E-state index contributed by atoms with van der Waals surface area (Å²) in [6.45, 7) is 12.3. The minimum atomic E-state index is -0.758. The molecule has 12 nitrogen and oxygen atoms in total. The fourth-order valence-corrected chi connectivity index (χ4v) is 2.97. The molecule has 0 aliphatic heterocycles. The van der Waals surface area contributed by atoms with E-state index in [1.54, 1.807) is 25.1 Å². The Balaban J connectivity index is 0.000000680. The van der Waals surface area contributed by atoms with Crippen molar-refractivity contribution in [1.29, 1.82) is 0 Å². The number of carbonyl (C=O) groups is 4. The van der Waals surface area contributed by atoms with Gasteiger partial charge in [-0.1, -0.05) is 13.8 Å². The van der Waals surface area contributed by atoms with Gasteiger partial charge in [-0.3, -0.25) is 29.3 Å². The lowest BCUT2D eigenvalue weighted by atomic mass is 10.1. The van der Waals surface area contributed by atoms with E-state index in [2.05, 4.69) is 0 Å². The van der Waals surface area contributed by atoms with Gasteiger partial charge in [0.25, 0.3) is 5.69 Å². The van der Waals surface area contributed by atoms with Gasteiger partial charge in [0.05, 0.1) is 4.92 Å². The van der Waals surface area contributed by atoms with Crippen molar-refractivity contribution in [3.8, 4) is 11.5 Å². The lowest BCUT2D eigenvalue weighted by Crippen LogP contribution is -2.10. The van der Waals surface area contributed by atoms with Crippen LogP contribution in [0.5, 0.6) is 11.5 Å². The van der Waals surface area contributed by atoms with Gasteiger partial charge in [-0.15, -0.1) is 0 Å². The maximum absolute atomic E-state index is 11.0. The Morgan fingerprint density at radius 2 is 1.13 bits per heavy atom. The second kappa shape index (κ2) is 16.3. The molecule has 0 spiro atoms. The normalized spacial score (nSPS) is 11.2. The van der Waals surface area contributed by atoms with Gasteiger partial charge in [0, 0.05) is 56.6 Å². The second-order valence-corrected chi connectivity index (χ2v) is 7.47. The first kappa shape index (κ1) is 33.5. The first-order valence-corrected chi connectivity index (χ1v) is 11.6. The van der Waals surface area contributed by atoms with Crippen molar-refractivity contribution >= 4 is 35.3 Å². The van der Waals surface area contributed by atoms with Crippen LogP contribution in [0, 0.1) is 10.1 Å². The van der Waals surface area contributed by atoms with Crippen LogP contribution in [0.1, 0.15) is 78.7 Å². The molecule has 0 saturated heterocycles. The van der Waals surface area contributed by atoms with Gasteiger partial charge in [0.15, 0.2) is 0 Å². The largest absolute Gasteiger partial charge is 0.458 e. The van der Waals surface area contributed by atoms with Gasteiger partial charge in [0.1, 0.15) is 23.7 Å². The number of nitrogen functional groups attached to an aromatic ring is 1. The van der Waals surface area contributed by atoms with Gasteiger partial charge >= 0.3 is 23.9 Å². The summed E-state index contributed by atoms with van der Waals surface area (Å²) in [5.41, 5.74) is 6.81. The van der Waals surface area contributed by atoms with E-state index >= 15 is 0 Å². The third-order valence-corrected chi connectivity index (χ3v) is 4.31.